The number of pyridine rings is 1. The molecule has 2 N–H and O–H groups in total. The maximum atomic E-state index is 4.91. The summed E-state index contributed by atoms with van der Waals surface area (Å²) in [5, 5.41) is 3.45. The van der Waals surface area contributed by atoms with E-state index in [1.807, 2.05) is 24.4 Å². The Bertz CT molecular complexity index is 834. The number of benzene rings is 1. The zero-order chi connectivity index (χ0) is 17.1. The molecule has 3 aromatic rings. The third-order valence-electron chi connectivity index (χ3n) is 5.14. The highest BCUT2D eigenvalue weighted by Crippen LogP contribution is 2.20. The van der Waals surface area contributed by atoms with Crippen molar-refractivity contribution in [3.63, 3.8) is 0 Å². The van der Waals surface area contributed by atoms with Crippen LogP contribution >= 0.6 is 0 Å². The standard InChI is InChI=1S/C20H25N5/c1-24-19-9-8-16(22-14-17-7-3-4-10-21-17)13-18(19)23-20(24)15-25-11-5-2-6-12-25/h3-4,7-10,13,22H,2,5-6,11-12,14-15H2,1H3/p+1. The fourth-order valence-electron chi connectivity index (χ4n) is 3.67. The number of likely N-dealkylation sites (tertiary alicyclic amines) is 1. The van der Waals surface area contributed by atoms with Crippen molar-refractivity contribution >= 4 is 16.7 Å². The number of fused-ring (bicyclic) bond motifs is 1. The molecular formula is C20H26N5+. The molecule has 0 unspecified atom stereocenters. The highest BCUT2D eigenvalue weighted by molar-refractivity contribution is 5.80. The lowest BCUT2D eigenvalue weighted by molar-refractivity contribution is -0.919. The number of quaternary nitrogens is 1. The molecule has 4 rings (SSSR count). The van der Waals surface area contributed by atoms with E-state index in [0.29, 0.717) is 0 Å². The van der Waals surface area contributed by atoms with Crippen molar-refractivity contribution in [1.29, 1.82) is 0 Å². The topological polar surface area (TPSA) is 47.2 Å². The van der Waals surface area contributed by atoms with Gasteiger partial charge in [-0.1, -0.05) is 6.07 Å². The summed E-state index contributed by atoms with van der Waals surface area (Å²) < 4.78 is 2.25. The molecule has 0 amide bonds. The van der Waals surface area contributed by atoms with E-state index in [1.54, 1.807) is 4.90 Å². The molecule has 5 heteroatoms. The van der Waals surface area contributed by atoms with Gasteiger partial charge in [-0.05, 0) is 49.6 Å². The number of anilines is 1. The van der Waals surface area contributed by atoms with E-state index in [2.05, 4.69) is 40.1 Å². The molecule has 0 atom stereocenters. The van der Waals surface area contributed by atoms with Crippen LogP contribution in [0.3, 0.4) is 0 Å². The van der Waals surface area contributed by atoms with Crippen molar-refractivity contribution in [2.75, 3.05) is 18.4 Å². The summed E-state index contributed by atoms with van der Waals surface area (Å²) in [4.78, 5) is 10.9. The number of aryl methyl sites for hydroxylation is 1. The second-order valence-electron chi connectivity index (χ2n) is 6.95. The molecule has 5 nitrogen and oxygen atoms in total. The SMILES string of the molecule is Cn1c(C[NH+]2CCCCC2)nc2cc(NCc3ccccn3)ccc21. The van der Waals surface area contributed by atoms with Gasteiger partial charge in [-0.2, -0.15) is 0 Å². The van der Waals surface area contributed by atoms with Crippen molar-refractivity contribution in [3.8, 4) is 0 Å². The molecule has 1 fully saturated rings. The van der Waals surface area contributed by atoms with Crippen LogP contribution in [0.1, 0.15) is 30.8 Å². The molecule has 1 aliphatic heterocycles. The lowest BCUT2D eigenvalue weighted by Crippen LogP contribution is -3.11. The van der Waals surface area contributed by atoms with Gasteiger partial charge in [0.15, 0.2) is 5.82 Å². The third-order valence-corrected chi connectivity index (χ3v) is 5.14. The van der Waals surface area contributed by atoms with E-state index in [0.717, 1.165) is 30.0 Å². The van der Waals surface area contributed by atoms with Crippen molar-refractivity contribution < 1.29 is 4.90 Å². The lowest BCUT2D eigenvalue weighted by Gasteiger charge is -2.23. The molecule has 3 heterocycles. The summed E-state index contributed by atoms with van der Waals surface area (Å²) in [7, 11) is 2.13. The number of nitrogens with one attached hydrogen (secondary N) is 2. The van der Waals surface area contributed by atoms with E-state index in [9.17, 15) is 0 Å². The second kappa shape index (κ2) is 7.23. The number of rotatable bonds is 5. The molecule has 0 aliphatic carbocycles. The first kappa shape index (κ1) is 16.1. The fourth-order valence-corrected chi connectivity index (χ4v) is 3.67. The Morgan fingerprint density at radius 1 is 1.12 bits per heavy atom. The highest BCUT2D eigenvalue weighted by Gasteiger charge is 2.17. The molecule has 0 radical (unpaired) electrons. The number of hydrogen-bond acceptors (Lipinski definition) is 3. The summed E-state index contributed by atoms with van der Waals surface area (Å²) in [5.41, 5.74) is 4.40. The third kappa shape index (κ3) is 3.66. The van der Waals surface area contributed by atoms with Crippen LogP contribution < -0.4 is 10.2 Å². The average molecular weight is 336 g/mol. The Morgan fingerprint density at radius 3 is 2.80 bits per heavy atom. The Labute approximate surface area is 148 Å². The van der Waals surface area contributed by atoms with E-state index >= 15 is 0 Å². The Hall–Kier alpha value is -2.40. The number of piperidine rings is 1. The number of imidazole rings is 1. The Balaban J connectivity index is 1.50. The Kier molecular flexibility index (Phi) is 4.65. The molecule has 1 aromatic carbocycles. The van der Waals surface area contributed by atoms with Gasteiger partial charge in [0.1, 0.15) is 6.54 Å². The maximum Gasteiger partial charge on any atom is 0.165 e. The minimum absolute atomic E-state index is 0.726. The summed E-state index contributed by atoms with van der Waals surface area (Å²) in [5.74, 6) is 1.19. The molecule has 2 aromatic heterocycles. The summed E-state index contributed by atoms with van der Waals surface area (Å²) in [6.07, 6.45) is 5.91. The first-order valence-electron chi connectivity index (χ1n) is 9.22. The minimum Gasteiger partial charge on any atom is -0.379 e. The van der Waals surface area contributed by atoms with Crippen LogP contribution in [0.2, 0.25) is 0 Å². The predicted molar refractivity (Wildman–Crippen MR) is 101 cm³/mol. The molecule has 0 saturated carbocycles. The van der Waals surface area contributed by atoms with Gasteiger partial charge in [0, 0.05) is 18.9 Å². The zero-order valence-corrected chi connectivity index (χ0v) is 14.8. The molecule has 1 aliphatic rings. The van der Waals surface area contributed by atoms with Gasteiger partial charge in [-0.25, -0.2) is 4.98 Å². The van der Waals surface area contributed by atoms with Crippen LogP contribution in [0.4, 0.5) is 5.69 Å². The second-order valence-corrected chi connectivity index (χ2v) is 6.95. The maximum absolute atomic E-state index is 4.91. The summed E-state index contributed by atoms with van der Waals surface area (Å²) in [6, 6.07) is 12.4. The highest BCUT2D eigenvalue weighted by atomic mass is 15.2. The van der Waals surface area contributed by atoms with Crippen LogP contribution in [0, 0.1) is 0 Å². The molecule has 25 heavy (non-hydrogen) atoms. The van der Waals surface area contributed by atoms with Gasteiger partial charge in [0.05, 0.1) is 36.4 Å². The van der Waals surface area contributed by atoms with Gasteiger partial charge in [0.2, 0.25) is 0 Å². The minimum atomic E-state index is 0.726. The zero-order valence-electron chi connectivity index (χ0n) is 14.8. The van der Waals surface area contributed by atoms with Crippen LogP contribution in [0.5, 0.6) is 0 Å². The van der Waals surface area contributed by atoms with Crippen molar-refractivity contribution in [2.24, 2.45) is 7.05 Å². The Morgan fingerprint density at radius 2 is 2.00 bits per heavy atom. The largest absolute Gasteiger partial charge is 0.379 e. The predicted octanol–water partition coefficient (Wildman–Crippen LogP) is 2.15. The van der Waals surface area contributed by atoms with Gasteiger partial charge in [-0.3, -0.25) is 4.98 Å². The van der Waals surface area contributed by atoms with E-state index in [-0.39, 0.29) is 0 Å². The van der Waals surface area contributed by atoms with Crippen molar-refractivity contribution in [1.82, 2.24) is 14.5 Å². The smallest absolute Gasteiger partial charge is 0.165 e. The number of aromatic nitrogens is 3. The van der Waals surface area contributed by atoms with Gasteiger partial charge in [-0.15, -0.1) is 0 Å². The van der Waals surface area contributed by atoms with E-state index < -0.39 is 0 Å². The summed E-state index contributed by atoms with van der Waals surface area (Å²) >= 11 is 0. The molecule has 0 bridgehead atoms. The average Bonchev–Trinajstić information content (AvgIpc) is 2.97. The molecule has 130 valence electrons. The quantitative estimate of drug-likeness (QED) is 0.750. The van der Waals surface area contributed by atoms with Crippen molar-refractivity contribution in [3.05, 3.63) is 54.1 Å². The monoisotopic (exact) mass is 336 g/mol. The van der Waals surface area contributed by atoms with Gasteiger partial charge in [0.25, 0.3) is 0 Å². The first-order chi connectivity index (χ1) is 12.3. The summed E-state index contributed by atoms with van der Waals surface area (Å²) in [6.45, 7) is 4.31. The van der Waals surface area contributed by atoms with Crippen LogP contribution in [0.25, 0.3) is 11.0 Å². The number of hydrogen-bond donors (Lipinski definition) is 2. The van der Waals surface area contributed by atoms with Gasteiger partial charge < -0.3 is 14.8 Å². The number of nitrogens with zero attached hydrogens (tertiary/aromatic N) is 3. The normalized spacial score (nSPS) is 15.6. The fraction of sp³-hybridized carbons (Fsp3) is 0.400. The van der Waals surface area contributed by atoms with Crippen molar-refractivity contribution in [2.45, 2.75) is 32.4 Å². The van der Waals surface area contributed by atoms with Gasteiger partial charge >= 0.3 is 0 Å². The van der Waals surface area contributed by atoms with Crippen LogP contribution in [-0.4, -0.2) is 27.6 Å². The molecule has 0 spiro atoms. The molecular weight excluding hydrogens is 310 g/mol. The van der Waals surface area contributed by atoms with Crippen LogP contribution in [0.15, 0.2) is 42.6 Å². The van der Waals surface area contributed by atoms with E-state index in [4.69, 9.17) is 4.98 Å². The van der Waals surface area contributed by atoms with E-state index in [1.165, 1.54) is 43.7 Å². The lowest BCUT2D eigenvalue weighted by atomic mass is 10.1. The first-order valence-corrected chi connectivity index (χ1v) is 9.22. The van der Waals surface area contributed by atoms with Crippen LogP contribution in [-0.2, 0) is 20.1 Å². The molecule has 1 saturated heterocycles.